The van der Waals surface area contributed by atoms with E-state index in [9.17, 15) is 31.5 Å². The Hall–Kier alpha value is -3.58. The Morgan fingerprint density at radius 2 is 1.52 bits per heavy atom. The number of aromatic nitrogens is 2. The number of carboxylic acids is 1. The number of carboxylic acid groups (broad SMARTS) is 1. The van der Waals surface area contributed by atoms with Crippen molar-refractivity contribution in [1.82, 2.24) is 19.4 Å². The zero-order valence-electron chi connectivity index (χ0n) is 22.7. The van der Waals surface area contributed by atoms with E-state index in [1.165, 1.54) is 26.4 Å². The fraction of sp³-hybridized carbons (Fsp3) is 0.455. The summed E-state index contributed by atoms with van der Waals surface area (Å²) in [5, 5.41) is 11.4. The summed E-state index contributed by atoms with van der Waals surface area (Å²) in [6.07, 6.45) is 0.864. The van der Waals surface area contributed by atoms with Crippen LogP contribution in [0.5, 0.6) is 11.8 Å². The van der Waals surface area contributed by atoms with Gasteiger partial charge in [-0.25, -0.2) is 35.9 Å². The standard InChI is InChI=1S/C16H19N5O9S2.C6H14O2/c1-29-12-7-13(30-2)19-15(18-12)20-16(24)21-32(27,28)11-6-9(8-17-31(3,25)26)4-5-10(11)14(22)23;1-4-7-6(3)8-5-2/h4-7,17H,8H2,1-3H3,(H,22,23)(H2,18,19,20,21,24);6H,4-5H2,1-3H3. The fourth-order valence-corrected chi connectivity index (χ4v) is 4.37. The highest BCUT2D eigenvalue weighted by molar-refractivity contribution is 7.90. The van der Waals surface area contributed by atoms with Crippen LogP contribution < -0.4 is 24.2 Å². The molecule has 0 bridgehead atoms. The Bertz CT molecular complexity index is 1340. The number of carbonyl (C=O) groups is 2. The van der Waals surface area contributed by atoms with Crippen LogP contribution >= 0.6 is 0 Å². The molecule has 0 aliphatic heterocycles. The third-order valence-corrected chi connectivity index (χ3v) is 6.50. The van der Waals surface area contributed by atoms with Crippen LogP contribution in [0.25, 0.3) is 0 Å². The monoisotopic (exact) mass is 607 g/mol. The van der Waals surface area contributed by atoms with Crippen LogP contribution in [-0.2, 0) is 36.1 Å². The molecule has 224 valence electrons. The maximum Gasteiger partial charge on any atom is 0.337 e. The SMILES string of the molecule is CCOC(C)OCC.COc1cc(OC)nc(NC(=O)NS(=O)(=O)c2cc(CNS(C)(=O)=O)ccc2C(=O)O)n1. The number of nitrogens with one attached hydrogen (secondary N) is 3. The highest BCUT2D eigenvalue weighted by Crippen LogP contribution is 2.20. The average Bonchev–Trinajstić information content (AvgIpc) is 2.86. The summed E-state index contributed by atoms with van der Waals surface area (Å²) in [5.41, 5.74) is -0.491. The molecule has 0 radical (unpaired) electrons. The van der Waals surface area contributed by atoms with Gasteiger partial charge in [-0.2, -0.15) is 9.97 Å². The normalized spacial score (nSPS) is 11.3. The van der Waals surface area contributed by atoms with E-state index in [2.05, 4.69) is 20.0 Å². The molecule has 18 heteroatoms. The minimum absolute atomic E-state index is 0.0225. The van der Waals surface area contributed by atoms with Gasteiger partial charge in [0, 0.05) is 19.8 Å². The topological polar surface area (TPSA) is 221 Å². The van der Waals surface area contributed by atoms with Gasteiger partial charge in [-0.3, -0.25) is 5.32 Å². The molecule has 2 aromatic rings. The van der Waals surface area contributed by atoms with Crippen molar-refractivity contribution in [2.24, 2.45) is 0 Å². The molecular weight excluding hydrogens is 574 g/mol. The summed E-state index contributed by atoms with van der Waals surface area (Å²) in [4.78, 5) is 30.6. The number of rotatable bonds is 13. The summed E-state index contributed by atoms with van der Waals surface area (Å²) in [6, 6.07) is 3.16. The van der Waals surface area contributed by atoms with E-state index in [4.69, 9.17) is 18.9 Å². The number of benzene rings is 1. The number of methoxy groups -OCH3 is 2. The van der Waals surface area contributed by atoms with Crippen LogP contribution in [0.15, 0.2) is 29.2 Å². The maximum absolute atomic E-state index is 12.7. The first kappa shape index (κ1) is 34.4. The van der Waals surface area contributed by atoms with Crippen LogP contribution in [0.3, 0.4) is 0 Å². The molecule has 0 saturated carbocycles. The second kappa shape index (κ2) is 15.9. The van der Waals surface area contributed by atoms with Crippen molar-refractivity contribution in [1.29, 1.82) is 0 Å². The molecule has 0 spiro atoms. The molecule has 1 aromatic heterocycles. The molecule has 0 atom stereocenters. The van der Waals surface area contributed by atoms with Gasteiger partial charge in [0.1, 0.15) is 4.90 Å². The van der Waals surface area contributed by atoms with Crippen LogP contribution in [0.4, 0.5) is 10.7 Å². The lowest BCUT2D eigenvalue weighted by molar-refractivity contribution is -0.123. The Morgan fingerprint density at radius 1 is 0.975 bits per heavy atom. The number of carbonyl (C=O) groups excluding carboxylic acids is 1. The molecule has 16 nitrogen and oxygen atoms in total. The summed E-state index contributed by atoms with van der Waals surface area (Å²) in [7, 11) is -5.69. The Morgan fingerprint density at radius 3 is 1.98 bits per heavy atom. The van der Waals surface area contributed by atoms with Crippen LogP contribution in [0, 0.1) is 0 Å². The van der Waals surface area contributed by atoms with Crippen LogP contribution in [0.2, 0.25) is 0 Å². The van der Waals surface area contributed by atoms with E-state index < -0.39 is 42.5 Å². The number of nitrogens with zero attached hydrogens (tertiary/aromatic N) is 2. The zero-order chi connectivity index (χ0) is 30.5. The van der Waals surface area contributed by atoms with E-state index in [1.54, 1.807) is 4.72 Å². The lowest BCUT2D eigenvalue weighted by atomic mass is 10.1. The molecule has 0 saturated heterocycles. The second-order valence-electron chi connectivity index (χ2n) is 7.54. The first-order valence-corrected chi connectivity index (χ1v) is 14.9. The van der Waals surface area contributed by atoms with E-state index in [0.29, 0.717) is 0 Å². The van der Waals surface area contributed by atoms with Gasteiger partial charge >= 0.3 is 12.0 Å². The molecule has 0 fully saturated rings. The molecule has 0 unspecified atom stereocenters. The molecule has 1 aromatic carbocycles. The molecule has 4 N–H and O–H groups in total. The predicted octanol–water partition coefficient (Wildman–Crippen LogP) is 1.16. The minimum Gasteiger partial charge on any atom is -0.481 e. The van der Waals surface area contributed by atoms with Gasteiger partial charge in [-0.05, 0) is 38.5 Å². The van der Waals surface area contributed by atoms with E-state index >= 15 is 0 Å². The van der Waals surface area contributed by atoms with Gasteiger partial charge in [-0.1, -0.05) is 6.07 Å². The van der Waals surface area contributed by atoms with Gasteiger partial charge in [0.25, 0.3) is 10.0 Å². The smallest absolute Gasteiger partial charge is 0.337 e. The van der Waals surface area contributed by atoms with Crippen molar-refractivity contribution in [3.63, 3.8) is 0 Å². The number of hydrogen-bond acceptors (Lipinski definition) is 12. The van der Waals surface area contributed by atoms with Crippen molar-refractivity contribution in [2.75, 3.05) is 39.0 Å². The Kier molecular flexibility index (Phi) is 13.7. The molecular formula is C22H33N5O11S2. The molecule has 2 rings (SSSR count). The number of ether oxygens (including phenoxy) is 4. The van der Waals surface area contributed by atoms with Gasteiger partial charge in [-0.15, -0.1) is 0 Å². The first-order chi connectivity index (χ1) is 18.6. The first-order valence-electron chi connectivity index (χ1n) is 11.5. The zero-order valence-corrected chi connectivity index (χ0v) is 24.4. The quantitative estimate of drug-likeness (QED) is 0.235. The van der Waals surface area contributed by atoms with Crippen molar-refractivity contribution in [3.8, 4) is 11.8 Å². The van der Waals surface area contributed by atoms with Crippen molar-refractivity contribution < 1.29 is 50.5 Å². The number of amides is 2. The summed E-state index contributed by atoms with van der Waals surface area (Å²) >= 11 is 0. The number of hydrogen-bond donors (Lipinski definition) is 4. The lowest BCUT2D eigenvalue weighted by Gasteiger charge is -2.12. The summed E-state index contributed by atoms with van der Waals surface area (Å²) < 4.78 is 71.6. The molecule has 0 aliphatic carbocycles. The van der Waals surface area contributed by atoms with E-state index in [-0.39, 0.29) is 36.1 Å². The molecule has 1 heterocycles. The molecule has 0 aliphatic rings. The average molecular weight is 608 g/mol. The van der Waals surface area contributed by atoms with Crippen LogP contribution in [-0.4, -0.2) is 83.9 Å². The highest BCUT2D eigenvalue weighted by Gasteiger charge is 2.25. The predicted molar refractivity (Wildman–Crippen MR) is 142 cm³/mol. The van der Waals surface area contributed by atoms with E-state index in [1.807, 2.05) is 20.8 Å². The minimum atomic E-state index is -4.70. The molecule has 40 heavy (non-hydrogen) atoms. The van der Waals surface area contributed by atoms with Gasteiger partial charge < -0.3 is 24.1 Å². The van der Waals surface area contributed by atoms with Crippen molar-refractivity contribution >= 4 is 38.0 Å². The molecule has 2 amide bonds. The lowest BCUT2D eigenvalue weighted by Crippen LogP contribution is -2.35. The van der Waals surface area contributed by atoms with Gasteiger partial charge in [0.2, 0.25) is 27.7 Å². The largest absolute Gasteiger partial charge is 0.481 e. The maximum atomic E-state index is 12.7. The third kappa shape index (κ3) is 12.1. The number of anilines is 1. The van der Waals surface area contributed by atoms with Gasteiger partial charge in [0.15, 0.2) is 6.29 Å². The highest BCUT2D eigenvalue weighted by atomic mass is 32.2. The van der Waals surface area contributed by atoms with Crippen molar-refractivity contribution in [3.05, 3.63) is 35.4 Å². The second-order valence-corrected chi connectivity index (χ2v) is 11.0. The van der Waals surface area contributed by atoms with Crippen molar-refractivity contribution in [2.45, 2.75) is 38.5 Å². The number of sulfonamides is 2. The Balaban J connectivity index is 0.000000869. The van der Waals surface area contributed by atoms with E-state index in [0.717, 1.165) is 31.6 Å². The van der Waals surface area contributed by atoms with Gasteiger partial charge in [0.05, 0.1) is 32.1 Å². The summed E-state index contributed by atoms with van der Waals surface area (Å²) in [6.45, 7) is 6.95. The number of aromatic carboxylic acids is 1. The Labute approximate surface area is 232 Å². The summed E-state index contributed by atoms with van der Waals surface area (Å²) in [5.74, 6) is -1.88. The van der Waals surface area contributed by atoms with Crippen LogP contribution in [0.1, 0.15) is 36.7 Å². The fourth-order valence-electron chi connectivity index (χ4n) is 2.78. The third-order valence-electron chi connectivity index (χ3n) is 4.46. The number of urea groups is 1.